The fourth-order valence-corrected chi connectivity index (χ4v) is 2.66. The lowest BCUT2D eigenvalue weighted by molar-refractivity contribution is -0.142. The van der Waals surface area contributed by atoms with Gasteiger partial charge >= 0.3 is 0 Å². The van der Waals surface area contributed by atoms with Gasteiger partial charge in [-0.1, -0.05) is 0 Å². The zero-order valence-corrected chi connectivity index (χ0v) is 11.8. The van der Waals surface area contributed by atoms with Crippen LogP contribution in [0, 0.1) is 0 Å². The number of carbonyl (C=O) groups is 1. The Labute approximate surface area is 114 Å². The maximum absolute atomic E-state index is 12.5. The molecule has 2 saturated heterocycles. The second-order valence-electron chi connectivity index (χ2n) is 5.40. The van der Waals surface area contributed by atoms with E-state index in [0.29, 0.717) is 26.1 Å². The van der Waals surface area contributed by atoms with E-state index in [-0.39, 0.29) is 5.91 Å². The molecule has 2 aliphatic heterocycles. The van der Waals surface area contributed by atoms with E-state index in [1.807, 2.05) is 4.90 Å². The number of hydrogen-bond acceptors (Lipinski definition) is 5. The summed E-state index contributed by atoms with van der Waals surface area (Å²) in [6, 6.07) is 0. The number of carbonyl (C=O) groups excluding carboxylic acids is 1. The van der Waals surface area contributed by atoms with Crippen LogP contribution in [0.5, 0.6) is 0 Å². The Morgan fingerprint density at radius 1 is 1.26 bits per heavy atom. The fourth-order valence-electron chi connectivity index (χ4n) is 2.66. The largest absolute Gasteiger partial charge is 0.383 e. The third kappa shape index (κ3) is 3.66. The van der Waals surface area contributed by atoms with Crippen LogP contribution in [-0.4, -0.2) is 80.9 Å². The first-order valence-electron chi connectivity index (χ1n) is 7.03. The second kappa shape index (κ2) is 6.65. The maximum Gasteiger partial charge on any atom is 0.242 e. The smallest absolute Gasteiger partial charge is 0.242 e. The molecule has 0 aliphatic carbocycles. The van der Waals surface area contributed by atoms with Gasteiger partial charge in [0, 0.05) is 53.0 Å². The highest BCUT2D eigenvalue weighted by Crippen LogP contribution is 2.21. The molecule has 2 heterocycles. The minimum absolute atomic E-state index is 0.0993. The van der Waals surface area contributed by atoms with Gasteiger partial charge in [0.05, 0.1) is 12.1 Å². The lowest BCUT2D eigenvalue weighted by atomic mass is 9.89. The number of amides is 1. The van der Waals surface area contributed by atoms with Gasteiger partial charge in [-0.15, -0.1) is 0 Å². The molecule has 1 amide bonds. The molecule has 6 heteroatoms. The Morgan fingerprint density at radius 3 is 2.47 bits per heavy atom. The standard InChI is InChI=1S/C13H25N3O3/c1-18-11-8-15-4-6-16(7-5-15)12(17)13(14)2-9-19-10-3-13/h2-11,14H2,1H3. The summed E-state index contributed by atoms with van der Waals surface area (Å²) in [4.78, 5) is 16.7. The highest BCUT2D eigenvalue weighted by atomic mass is 16.5. The quantitative estimate of drug-likeness (QED) is 0.731. The van der Waals surface area contributed by atoms with Crippen molar-refractivity contribution >= 4 is 5.91 Å². The van der Waals surface area contributed by atoms with Crippen molar-refractivity contribution in [3.63, 3.8) is 0 Å². The van der Waals surface area contributed by atoms with E-state index in [9.17, 15) is 4.79 Å². The molecular formula is C13H25N3O3. The zero-order chi connectivity index (χ0) is 13.7. The molecule has 6 nitrogen and oxygen atoms in total. The minimum Gasteiger partial charge on any atom is -0.383 e. The van der Waals surface area contributed by atoms with Gasteiger partial charge in [-0.3, -0.25) is 9.69 Å². The average molecular weight is 271 g/mol. The summed E-state index contributed by atoms with van der Waals surface area (Å²) in [5, 5.41) is 0. The number of nitrogens with two attached hydrogens (primary N) is 1. The highest BCUT2D eigenvalue weighted by molar-refractivity contribution is 5.86. The molecule has 2 aliphatic rings. The molecule has 0 aromatic carbocycles. The molecule has 19 heavy (non-hydrogen) atoms. The van der Waals surface area contributed by atoms with E-state index in [2.05, 4.69) is 4.90 Å². The Kier molecular flexibility index (Phi) is 5.15. The molecule has 0 radical (unpaired) electrons. The van der Waals surface area contributed by atoms with E-state index in [1.165, 1.54) is 0 Å². The van der Waals surface area contributed by atoms with Crippen molar-refractivity contribution < 1.29 is 14.3 Å². The first-order valence-corrected chi connectivity index (χ1v) is 7.03. The topological polar surface area (TPSA) is 68.0 Å². The molecule has 2 rings (SSSR count). The monoisotopic (exact) mass is 271 g/mol. The Hall–Kier alpha value is -0.690. The maximum atomic E-state index is 12.5. The Balaban J connectivity index is 1.81. The molecule has 0 saturated carbocycles. The lowest BCUT2D eigenvalue weighted by Gasteiger charge is -2.40. The van der Waals surface area contributed by atoms with Crippen LogP contribution in [0.3, 0.4) is 0 Å². The highest BCUT2D eigenvalue weighted by Gasteiger charge is 2.39. The second-order valence-corrected chi connectivity index (χ2v) is 5.40. The summed E-state index contributed by atoms with van der Waals surface area (Å²) < 4.78 is 10.4. The zero-order valence-electron chi connectivity index (χ0n) is 11.8. The van der Waals surface area contributed by atoms with Gasteiger partial charge < -0.3 is 20.1 Å². The summed E-state index contributed by atoms with van der Waals surface area (Å²) in [6.07, 6.45) is 1.27. The number of nitrogens with zero attached hydrogens (tertiary/aromatic N) is 2. The number of piperazine rings is 1. The van der Waals surface area contributed by atoms with Crippen LogP contribution in [-0.2, 0) is 14.3 Å². The molecule has 2 N–H and O–H groups in total. The molecule has 0 unspecified atom stereocenters. The van der Waals surface area contributed by atoms with Crippen molar-refractivity contribution in [1.29, 1.82) is 0 Å². The number of hydrogen-bond donors (Lipinski definition) is 1. The first kappa shape index (κ1) is 14.7. The van der Waals surface area contributed by atoms with Crippen LogP contribution in [0.15, 0.2) is 0 Å². The molecule has 0 aromatic rings. The fraction of sp³-hybridized carbons (Fsp3) is 0.923. The Bertz CT molecular complexity index is 298. The van der Waals surface area contributed by atoms with Gasteiger partial charge in [0.1, 0.15) is 0 Å². The molecule has 0 spiro atoms. The van der Waals surface area contributed by atoms with Gasteiger partial charge in [0.2, 0.25) is 5.91 Å². The third-order valence-electron chi connectivity index (χ3n) is 4.08. The predicted molar refractivity (Wildman–Crippen MR) is 71.9 cm³/mol. The van der Waals surface area contributed by atoms with E-state index in [1.54, 1.807) is 7.11 Å². The molecular weight excluding hydrogens is 246 g/mol. The lowest BCUT2D eigenvalue weighted by Crippen LogP contribution is -2.61. The number of ether oxygens (including phenoxy) is 2. The summed E-state index contributed by atoms with van der Waals surface area (Å²) in [6.45, 7) is 6.20. The van der Waals surface area contributed by atoms with Gasteiger partial charge in [0.15, 0.2) is 0 Å². The van der Waals surface area contributed by atoms with Crippen molar-refractivity contribution in [3.8, 4) is 0 Å². The molecule has 110 valence electrons. The molecule has 0 aromatic heterocycles. The van der Waals surface area contributed by atoms with Gasteiger partial charge in [-0.2, -0.15) is 0 Å². The van der Waals surface area contributed by atoms with Crippen LogP contribution in [0.2, 0.25) is 0 Å². The van der Waals surface area contributed by atoms with Crippen LogP contribution >= 0.6 is 0 Å². The van der Waals surface area contributed by atoms with Crippen LogP contribution < -0.4 is 5.73 Å². The SMILES string of the molecule is COCCN1CCN(C(=O)C2(N)CCOCC2)CC1. The van der Waals surface area contributed by atoms with Gasteiger partial charge in [-0.05, 0) is 12.8 Å². The summed E-state index contributed by atoms with van der Waals surface area (Å²) in [5.74, 6) is 0.0993. The van der Waals surface area contributed by atoms with Crippen LogP contribution in [0.1, 0.15) is 12.8 Å². The average Bonchev–Trinajstić information content (AvgIpc) is 2.46. The van der Waals surface area contributed by atoms with Crippen molar-refractivity contribution in [2.75, 3.05) is 59.7 Å². The van der Waals surface area contributed by atoms with Gasteiger partial charge in [-0.25, -0.2) is 0 Å². The summed E-state index contributed by atoms with van der Waals surface area (Å²) in [5.41, 5.74) is 5.54. The normalized spacial score (nSPS) is 24.4. The van der Waals surface area contributed by atoms with E-state index in [4.69, 9.17) is 15.2 Å². The molecule has 2 fully saturated rings. The first-order chi connectivity index (χ1) is 9.15. The third-order valence-corrected chi connectivity index (χ3v) is 4.08. The van der Waals surface area contributed by atoms with Crippen molar-refractivity contribution in [3.05, 3.63) is 0 Å². The van der Waals surface area contributed by atoms with Crippen molar-refractivity contribution in [2.45, 2.75) is 18.4 Å². The van der Waals surface area contributed by atoms with Crippen molar-refractivity contribution in [2.24, 2.45) is 5.73 Å². The number of rotatable bonds is 4. The van der Waals surface area contributed by atoms with Crippen molar-refractivity contribution in [1.82, 2.24) is 9.80 Å². The van der Waals surface area contributed by atoms with Crippen LogP contribution in [0.25, 0.3) is 0 Å². The predicted octanol–water partition coefficient (Wildman–Crippen LogP) is -0.715. The van der Waals surface area contributed by atoms with E-state index in [0.717, 1.165) is 39.3 Å². The van der Waals surface area contributed by atoms with E-state index >= 15 is 0 Å². The van der Waals surface area contributed by atoms with E-state index < -0.39 is 5.54 Å². The molecule has 0 atom stereocenters. The summed E-state index contributed by atoms with van der Waals surface area (Å²) >= 11 is 0. The van der Waals surface area contributed by atoms with Crippen LogP contribution in [0.4, 0.5) is 0 Å². The number of methoxy groups -OCH3 is 1. The molecule has 0 bridgehead atoms. The van der Waals surface area contributed by atoms with Gasteiger partial charge in [0.25, 0.3) is 0 Å². The Morgan fingerprint density at radius 2 is 1.89 bits per heavy atom. The minimum atomic E-state index is -0.701. The summed E-state index contributed by atoms with van der Waals surface area (Å²) in [7, 11) is 1.71.